The molecule has 0 bridgehead atoms. The van der Waals surface area contributed by atoms with Crippen LogP contribution in [0.3, 0.4) is 0 Å². The predicted octanol–water partition coefficient (Wildman–Crippen LogP) is 3.95. The number of carbonyl (C=O) groups is 1. The number of benzene rings is 2. The summed E-state index contributed by atoms with van der Waals surface area (Å²) >= 11 is 1.59. The zero-order valence-electron chi connectivity index (χ0n) is 14.6. The van der Waals surface area contributed by atoms with Crippen molar-refractivity contribution in [3.8, 4) is 0 Å². The molecule has 5 nitrogen and oxygen atoms in total. The molecule has 1 aliphatic rings. The highest BCUT2D eigenvalue weighted by atomic mass is 32.2. The number of oxazole rings is 1. The molecule has 4 rings (SSSR count). The quantitative estimate of drug-likeness (QED) is 0.692. The van der Waals surface area contributed by atoms with Crippen LogP contribution >= 0.6 is 11.8 Å². The van der Waals surface area contributed by atoms with E-state index in [4.69, 9.17) is 4.42 Å². The molecule has 6 heteroatoms. The second-order valence-electron chi connectivity index (χ2n) is 6.36. The minimum Gasteiger partial charge on any atom is -0.423 e. The first-order valence-electron chi connectivity index (χ1n) is 8.79. The monoisotopic (exact) mass is 367 g/mol. The molecule has 1 aromatic heterocycles. The highest BCUT2D eigenvalue weighted by molar-refractivity contribution is 7.98. The van der Waals surface area contributed by atoms with Crippen LogP contribution in [0.5, 0.6) is 0 Å². The van der Waals surface area contributed by atoms with Crippen molar-refractivity contribution in [2.24, 2.45) is 0 Å². The fourth-order valence-corrected chi connectivity index (χ4v) is 4.02. The van der Waals surface area contributed by atoms with Gasteiger partial charge < -0.3 is 14.6 Å². The number of amides is 1. The van der Waals surface area contributed by atoms with Crippen LogP contribution in [0.25, 0.3) is 11.1 Å². The number of hydrogen-bond acceptors (Lipinski definition) is 5. The molecule has 1 amide bonds. The van der Waals surface area contributed by atoms with Crippen LogP contribution < -0.4 is 10.2 Å². The molecule has 26 heavy (non-hydrogen) atoms. The lowest BCUT2D eigenvalue weighted by atomic mass is 10.2. The summed E-state index contributed by atoms with van der Waals surface area (Å²) in [5, 5.41) is 3.09. The van der Waals surface area contributed by atoms with Crippen LogP contribution in [0, 0.1) is 0 Å². The zero-order valence-corrected chi connectivity index (χ0v) is 15.5. The second kappa shape index (κ2) is 7.41. The standard InChI is InChI=1S/C20H21N3O2S/c1-26-18-11-5-2-8-15(18)19(24)21-13-14-7-6-12-23(14)20-22-16-9-3-4-10-17(16)25-20/h2-5,8-11,14H,6-7,12-13H2,1H3,(H,21,24). The molecule has 0 spiro atoms. The van der Waals surface area contributed by atoms with Gasteiger partial charge in [-0.25, -0.2) is 0 Å². The Bertz CT molecular complexity index is 891. The molecule has 3 aromatic rings. The number of carbonyl (C=O) groups excluding carboxylic acids is 1. The Morgan fingerprint density at radius 2 is 2.08 bits per heavy atom. The van der Waals surface area contributed by atoms with E-state index in [0.717, 1.165) is 40.9 Å². The van der Waals surface area contributed by atoms with Gasteiger partial charge in [-0.2, -0.15) is 4.98 Å². The molecule has 1 N–H and O–H groups in total. The lowest BCUT2D eigenvalue weighted by Crippen LogP contribution is -2.40. The first kappa shape index (κ1) is 17.0. The Hall–Kier alpha value is -2.47. The summed E-state index contributed by atoms with van der Waals surface area (Å²) in [4.78, 5) is 20.3. The minimum atomic E-state index is -0.0284. The van der Waals surface area contributed by atoms with Crippen LogP contribution in [0.4, 0.5) is 6.01 Å². The van der Waals surface area contributed by atoms with E-state index < -0.39 is 0 Å². The molecule has 1 aliphatic heterocycles. The van der Waals surface area contributed by atoms with E-state index in [1.54, 1.807) is 11.8 Å². The van der Waals surface area contributed by atoms with Crippen LogP contribution in [-0.4, -0.2) is 36.3 Å². The van der Waals surface area contributed by atoms with Crippen molar-refractivity contribution < 1.29 is 9.21 Å². The Balaban J connectivity index is 1.46. The molecule has 0 radical (unpaired) electrons. The first-order chi connectivity index (χ1) is 12.8. The number of aromatic nitrogens is 1. The summed E-state index contributed by atoms with van der Waals surface area (Å²) in [6.45, 7) is 1.48. The van der Waals surface area contributed by atoms with Gasteiger partial charge in [-0.3, -0.25) is 4.79 Å². The summed E-state index contributed by atoms with van der Waals surface area (Å²) in [5.74, 6) is -0.0284. The average molecular weight is 367 g/mol. The molecular formula is C20H21N3O2S. The molecule has 2 aromatic carbocycles. The Labute approximate surface area is 156 Å². The number of para-hydroxylation sites is 2. The molecule has 134 valence electrons. The minimum absolute atomic E-state index is 0.0284. The number of nitrogens with zero attached hydrogens (tertiary/aromatic N) is 2. The number of hydrogen-bond donors (Lipinski definition) is 1. The van der Waals surface area contributed by atoms with E-state index in [1.165, 1.54) is 0 Å². The average Bonchev–Trinajstić information content (AvgIpc) is 3.32. The molecule has 1 unspecified atom stereocenters. The molecule has 1 fully saturated rings. The Morgan fingerprint density at radius 3 is 2.92 bits per heavy atom. The first-order valence-corrected chi connectivity index (χ1v) is 10.0. The number of rotatable bonds is 5. The third-order valence-corrected chi connectivity index (χ3v) is 5.55. The number of anilines is 1. The van der Waals surface area contributed by atoms with E-state index in [1.807, 2.05) is 54.8 Å². The summed E-state index contributed by atoms with van der Waals surface area (Å²) in [5.41, 5.74) is 2.39. The molecule has 1 atom stereocenters. The summed E-state index contributed by atoms with van der Waals surface area (Å²) < 4.78 is 5.91. The maximum atomic E-state index is 12.6. The maximum absolute atomic E-state index is 12.6. The van der Waals surface area contributed by atoms with Crippen LogP contribution in [-0.2, 0) is 0 Å². The molecular weight excluding hydrogens is 346 g/mol. The van der Waals surface area contributed by atoms with Gasteiger partial charge in [0.05, 0.1) is 11.6 Å². The lowest BCUT2D eigenvalue weighted by Gasteiger charge is -2.23. The van der Waals surface area contributed by atoms with Gasteiger partial charge in [-0.15, -0.1) is 11.8 Å². The lowest BCUT2D eigenvalue weighted by molar-refractivity contribution is 0.0948. The van der Waals surface area contributed by atoms with Crippen molar-refractivity contribution in [3.63, 3.8) is 0 Å². The maximum Gasteiger partial charge on any atom is 0.298 e. The van der Waals surface area contributed by atoms with Crippen molar-refractivity contribution in [1.29, 1.82) is 0 Å². The van der Waals surface area contributed by atoms with E-state index >= 15 is 0 Å². The van der Waals surface area contributed by atoms with Gasteiger partial charge in [0.25, 0.3) is 11.9 Å². The van der Waals surface area contributed by atoms with Gasteiger partial charge >= 0.3 is 0 Å². The summed E-state index contributed by atoms with van der Waals surface area (Å²) in [6, 6.07) is 16.3. The molecule has 0 aliphatic carbocycles. The number of nitrogens with one attached hydrogen (secondary N) is 1. The van der Waals surface area contributed by atoms with E-state index in [0.29, 0.717) is 12.6 Å². The zero-order chi connectivity index (χ0) is 17.9. The smallest absolute Gasteiger partial charge is 0.298 e. The van der Waals surface area contributed by atoms with E-state index in [2.05, 4.69) is 15.2 Å². The summed E-state index contributed by atoms with van der Waals surface area (Å²) in [6.07, 6.45) is 4.07. The van der Waals surface area contributed by atoms with Crippen molar-refractivity contribution >= 4 is 34.8 Å². The van der Waals surface area contributed by atoms with E-state index in [-0.39, 0.29) is 11.9 Å². The van der Waals surface area contributed by atoms with Gasteiger partial charge in [-0.1, -0.05) is 24.3 Å². The largest absolute Gasteiger partial charge is 0.423 e. The highest BCUT2D eigenvalue weighted by Gasteiger charge is 2.29. The van der Waals surface area contributed by atoms with Gasteiger partial charge in [0.2, 0.25) is 0 Å². The summed E-state index contributed by atoms with van der Waals surface area (Å²) in [7, 11) is 0. The normalized spacial score (nSPS) is 17.0. The van der Waals surface area contributed by atoms with E-state index in [9.17, 15) is 4.79 Å². The number of fused-ring (bicyclic) bond motifs is 1. The van der Waals surface area contributed by atoms with Crippen molar-refractivity contribution in [2.45, 2.75) is 23.8 Å². The molecule has 0 saturated carbocycles. The Morgan fingerprint density at radius 1 is 1.27 bits per heavy atom. The predicted molar refractivity (Wildman–Crippen MR) is 105 cm³/mol. The fourth-order valence-electron chi connectivity index (χ4n) is 3.42. The third-order valence-electron chi connectivity index (χ3n) is 4.76. The van der Waals surface area contributed by atoms with Crippen molar-refractivity contribution in [1.82, 2.24) is 10.3 Å². The van der Waals surface area contributed by atoms with Crippen LogP contribution in [0.15, 0.2) is 57.8 Å². The van der Waals surface area contributed by atoms with Crippen molar-refractivity contribution in [2.75, 3.05) is 24.2 Å². The number of thioether (sulfide) groups is 1. The third kappa shape index (κ3) is 3.29. The second-order valence-corrected chi connectivity index (χ2v) is 7.21. The fraction of sp³-hybridized carbons (Fsp3) is 0.300. The SMILES string of the molecule is CSc1ccccc1C(=O)NCC1CCCN1c1nc2ccccc2o1. The van der Waals surface area contributed by atoms with Crippen LogP contribution in [0.1, 0.15) is 23.2 Å². The highest BCUT2D eigenvalue weighted by Crippen LogP contribution is 2.28. The Kier molecular flexibility index (Phi) is 4.84. The molecule has 1 saturated heterocycles. The van der Waals surface area contributed by atoms with Gasteiger partial charge in [0, 0.05) is 18.0 Å². The van der Waals surface area contributed by atoms with Crippen molar-refractivity contribution in [3.05, 3.63) is 54.1 Å². The van der Waals surface area contributed by atoms with Crippen LogP contribution in [0.2, 0.25) is 0 Å². The van der Waals surface area contributed by atoms with Gasteiger partial charge in [0.15, 0.2) is 5.58 Å². The topological polar surface area (TPSA) is 58.4 Å². The molecule has 2 heterocycles. The van der Waals surface area contributed by atoms with Gasteiger partial charge in [0.1, 0.15) is 5.52 Å². The van der Waals surface area contributed by atoms with Gasteiger partial charge in [-0.05, 0) is 43.4 Å².